The monoisotopic (exact) mass is 357 g/mol. The highest BCUT2D eigenvalue weighted by Crippen LogP contribution is 2.32. The van der Waals surface area contributed by atoms with Crippen molar-refractivity contribution in [2.45, 2.75) is 25.4 Å². The van der Waals surface area contributed by atoms with Crippen molar-refractivity contribution in [3.05, 3.63) is 47.5 Å². The van der Waals surface area contributed by atoms with Crippen LogP contribution in [0.25, 0.3) is 0 Å². The summed E-state index contributed by atoms with van der Waals surface area (Å²) in [7, 11) is -2.55. The summed E-state index contributed by atoms with van der Waals surface area (Å²) >= 11 is 0. The molecule has 0 aliphatic heterocycles. The topological polar surface area (TPSA) is 64.6 Å². The maximum atomic E-state index is 12.5. The van der Waals surface area contributed by atoms with Gasteiger partial charge in [0, 0.05) is 6.07 Å². The molecular formula is C16H17F2NO4S. The molecule has 0 saturated carbocycles. The number of rotatable bonds is 6. The van der Waals surface area contributed by atoms with Crippen LogP contribution in [0.5, 0.6) is 11.5 Å². The van der Waals surface area contributed by atoms with Gasteiger partial charge in [0.05, 0.1) is 17.7 Å². The van der Waals surface area contributed by atoms with Gasteiger partial charge in [-0.2, -0.15) is 8.78 Å². The predicted molar refractivity (Wildman–Crippen MR) is 86.4 cm³/mol. The fraction of sp³-hybridized carbons (Fsp3) is 0.250. The van der Waals surface area contributed by atoms with E-state index in [1.807, 2.05) is 6.07 Å². The van der Waals surface area contributed by atoms with Crippen molar-refractivity contribution in [2.24, 2.45) is 0 Å². The van der Waals surface area contributed by atoms with Crippen molar-refractivity contribution in [1.29, 1.82) is 0 Å². The average molecular weight is 357 g/mol. The first-order valence-electron chi connectivity index (χ1n) is 6.96. The third kappa shape index (κ3) is 4.14. The van der Waals surface area contributed by atoms with Gasteiger partial charge in [-0.15, -0.1) is 0 Å². The van der Waals surface area contributed by atoms with Crippen LogP contribution in [-0.2, 0) is 10.0 Å². The molecule has 0 atom stereocenters. The third-order valence-corrected chi connectivity index (χ3v) is 4.79. The number of anilines is 1. The molecule has 24 heavy (non-hydrogen) atoms. The zero-order valence-electron chi connectivity index (χ0n) is 13.3. The van der Waals surface area contributed by atoms with Crippen LogP contribution < -0.4 is 14.2 Å². The molecule has 0 aliphatic carbocycles. The zero-order chi connectivity index (χ0) is 17.9. The van der Waals surface area contributed by atoms with Crippen molar-refractivity contribution in [3.8, 4) is 11.5 Å². The van der Waals surface area contributed by atoms with E-state index in [-0.39, 0.29) is 22.1 Å². The second kappa shape index (κ2) is 7.04. The minimum Gasteiger partial charge on any atom is -0.493 e. The Morgan fingerprint density at radius 1 is 1.04 bits per heavy atom. The Morgan fingerprint density at radius 2 is 1.75 bits per heavy atom. The van der Waals surface area contributed by atoms with Gasteiger partial charge >= 0.3 is 6.61 Å². The summed E-state index contributed by atoms with van der Waals surface area (Å²) in [4.78, 5) is 0.148. The van der Waals surface area contributed by atoms with Crippen LogP contribution in [0, 0.1) is 13.8 Å². The van der Waals surface area contributed by atoms with Gasteiger partial charge < -0.3 is 9.47 Å². The Balaban J connectivity index is 2.34. The van der Waals surface area contributed by atoms with E-state index in [9.17, 15) is 17.2 Å². The minimum atomic E-state index is -3.82. The molecule has 0 aromatic heterocycles. The molecule has 2 aromatic rings. The Bertz CT molecular complexity index is 838. The Kier molecular flexibility index (Phi) is 5.28. The Hall–Kier alpha value is -2.35. The van der Waals surface area contributed by atoms with E-state index in [1.165, 1.54) is 25.3 Å². The summed E-state index contributed by atoms with van der Waals surface area (Å²) < 4.78 is 61.4. The maximum Gasteiger partial charge on any atom is 0.387 e. The summed E-state index contributed by atoms with van der Waals surface area (Å²) in [5.41, 5.74) is 1.58. The minimum absolute atomic E-state index is 0.00327. The second-order valence-electron chi connectivity index (χ2n) is 5.12. The largest absolute Gasteiger partial charge is 0.493 e. The number of aryl methyl sites for hydroxylation is 2. The lowest BCUT2D eigenvalue weighted by Gasteiger charge is -2.14. The standard InChI is InChI=1S/C16H17F2NO4S/c1-10-4-5-11(2)15(8-10)24(20,21)19-12-6-7-13(23-16(17)18)14(9-12)22-3/h4-9,16,19H,1-3H3. The molecule has 0 bridgehead atoms. The first-order valence-corrected chi connectivity index (χ1v) is 8.44. The molecule has 8 heteroatoms. The van der Waals surface area contributed by atoms with E-state index in [0.29, 0.717) is 5.56 Å². The van der Waals surface area contributed by atoms with Crippen molar-refractivity contribution >= 4 is 15.7 Å². The third-order valence-electron chi connectivity index (χ3n) is 3.27. The lowest BCUT2D eigenvalue weighted by Crippen LogP contribution is -2.14. The number of benzene rings is 2. The molecule has 0 radical (unpaired) electrons. The van der Waals surface area contributed by atoms with Crippen LogP contribution in [0.3, 0.4) is 0 Å². The quantitative estimate of drug-likeness (QED) is 0.856. The van der Waals surface area contributed by atoms with E-state index in [2.05, 4.69) is 9.46 Å². The van der Waals surface area contributed by atoms with E-state index in [0.717, 1.165) is 5.56 Å². The Labute approximate surface area is 139 Å². The molecule has 5 nitrogen and oxygen atoms in total. The summed E-state index contributed by atoms with van der Waals surface area (Å²) in [6.07, 6.45) is 0. The van der Waals surface area contributed by atoms with Gasteiger partial charge in [-0.05, 0) is 43.2 Å². The van der Waals surface area contributed by atoms with E-state index < -0.39 is 16.6 Å². The van der Waals surface area contributed by atoms with Gasteiger partial charge in [-0.1, -0.05) is 12.1 Å². The molecule has 0 aliphatic rings. The summed E-state index contributed by atoms with van der Waals surface area (Å²) in [5.74, 6) is -0.182. The molecule has 0 amide bonds. The van der Waals surface area contributed by atoms with Crippen LogP contribution >= 0.6 is 0 Å². The van der Waals surface area contributed by atoms with Gasteiger partial charge in [0.1, 0.15) is 0 Å². The number of nitrogens with one attached hydrogen (secondary N) is 1. The molecular weight excluding hydrogens is 340 g/mol. The molecule has 1 N–H and O–H groups in total. The average Bonchev–Trinajstić information content (AvgIpc) is 2.50. The molecule has 0 heterocycles. The summed E-state index contributed by atoms with van der Waals surface area (Å²) in [5, 5.41) is 0. The van der Waals surface area contributed by atoms with Crippen LogP contribution in [-0.4, -0.2) is 22.1 Å². The van der Waals surface area contributed by atoms with Gasteiger partial charge in [0.2, 0.25) is 0 Å². The lowest BCUT2D eigenvalue weighted by molar-refractivity contribution is -0.0512. The van der Waals surface area contributed by atoms with Gasteiger partial charge in [0.25, 0.3) is 10.0 Å². The van der Waals surface area contributed by atoms with Crippen molar-refractivity contribution in [1.82, 2.24) is 0 Å². The highest BCUT2D eigenvalue weighted by molar-refractivity contribution is 7.92. The number of halogens is 2. The van der Waals surface area contributed by atoms with E-state index in [1.54, 1.807) is 26.0 Å². The first-order chi connectivity index (χ1) is 11.2. The van der Waals surface area contributed by atoms with Crippen LogP contribution in [0.1, 0.15) is 11.1 Å². The number of ether oxygens (including phenoxy) is 2. The smallest absolute Gasteiger partial charge is 0.387 e. The van der Waals surface area contributed by atoms with Gasteiger partial charge in [-0.25, -0.2) is 8.42 Å². The van der Waals surface area contributed by atoms with Crippen molar-refractivity contribution in [2.75, 3.05) is 11.8 Å². The zero-order valence-corrected chi connectivity index (χ0v) is 14.2. The number of alkyl halides is 2. The number of methoxy groups -OCH3 is 1. The summed E-state index contributed by atoms with van der Waals surface area (Å²) in [6, 6.07) is 8.90. The molecule has 2 rings (SSSR count). The van der Waals surface area contributed by atoms with Crippen LogP contribution in [0.4, 0.5) is 14.5 Å². The number of hydrogen-bond acceptors (Lipinski definition) is 4. The second-order valence-corrected chi connectivity index (χ2v) is 6.77. The Morgan fingerprint density at radius 3 is 2.38 bits per heavy atom. The highest BCUT2D eigenvalue weighted by atomic mass is 32.2. The SMILES string of the molecule is COc1cc(NS(=O)(=O)c2cc(C)ccc2C)ccc1OC(F)F. The van der Waals surface area contributed by atoms with Crippen molar-refractivity contribution in [3.63, 3.8) is 0 Å². The van der Waals surface area contributed by atoms with Crippen LogP contribution in [0.2, 0.25) is 0 Å². The first kappa shape index (κ1) is 18.0. The molecule has 2 aromatic carbocycles. The molecule has 130 valence electrons. The molecule has 0 fully saturated rings. The lowest BCUT2D eigenvalue weighted by atomic mass is 10.2. The predicted octanol–water partition coefficient (Wildman–Crippen LogP) is 3.71. The van der Waals surface area contributed by atoms with Gasteiger partial charge in [-0.3, -0.25) is 4.72 Å². The van der Waals surface area contributed by atoms with E-state index >= 15 is 0 Å². The molecule has 0 spiro atoms. The molecule has 0 unspecified atom stereocenters. The highest BCUT2D eigenvalue weighted by Gasteiger charge is 2.18. The summed E-state index contributed by atoms with van der Waals surface area (Å²) in [6.45, 7) is 0.475. The van der Waals surface area contributed by atoms with Crippen LogP contribution in [0.15, 0.2) is 41.3 Å². The normalized spacial score (nSPS) is 11.4. The van der Waals surface area contributed by atoms with Gasteiger partial charge in [0.15, 0.2) is 11.5 Å². The fourth-order valence-corrected chi connectivity index (χ4v) is 3.51. The maximum absolute atomic E-state index is 12.5. The number of sulfonamides is 1. The fourth-order valence-electron chi connectivity index (χ4n) is 2.13. The number of hydrogen-bond donors (Lipinski definition) is 1. The molecule has 0 saturated heterocycles. The van der Waals surface area contributed by atoms with E-state index in [4.69, 9.17) is 4.74 Å². The van der Waals surface area contributed by atoms with Crippen molar-refractivity contribution < 1.29 is 26.7 Å².